The van der Waals surface area contributed by atoms with E-state index in [2.05, 4.69) is 130 Å². The maximum Gasteiger partial charge on any atom is 0.146 e. The summed E-state index contributed by atoms with van der Waals surface area (Å²) >= 11 is 0. The minimum atomic E-state index is -2.20. The number of benzene rings is 3. The maximum absolute atomic E-state index is 2.60. The highest BCUT2D eigenvalue weighted by molar-refractivity contribution is 7.26. The van der Waals surface area contributed by atoms with Crippen molar-refractivity contribution in [1.29, 1.82) is 0 Å². The molecule has 146 valence electrons. The second-order valence-electron chi connectivity index (χ2n) is 10.1. The summed E-state index contributed by atoms with van der Waals surface area (Å²) in [7, 11) is -5.17. The van der Waals surface area contributed by atoms with Crippen molar-refractivity contribution >= 4 is 39.8 Å². The van der Waals surface area contributed by atoms with Gasteiger partial charge in [0.05, 0.1) is 0 Å². The van der Waals surface area contributed by atoms with Gasteiger partial charge in [-0.15, -0.1) is 0 Å². The third-order valence-electron chi connectivity index (χ3n) is 5.85. The molecule has 0 aliphatic carbocycles. The Kier molecular flexibility index (Phi) is 5.99. The number of hydrogen-bond donors (Lipinski definition) is 0. The van der Waals surface area contributed by atoms with Crippen molar-refractivity contribution < 1.29 is 0 Å². The lowest BCUT2D eigenvalue weighted by molar-refractivity contribution is 1.37. The van der Waals surface area contributed by atoms with Gasteiger partial charge < -0.3 is 0 Å². The Morgan fingerprint density at radius 1 is 0.429 bits per heavy atom. The Balaban J connectivity index is 2.51. The number of hydrogen-bond acceptors (Lipinski definition) is 0. The summed E-state index contributed by atoms with van der Waals surface area (Å²) in [5.41, 5.74) is 0. The topological polar surface area (TPSA) is 0 Å². The van der Waals surface area contributed by atoms with Gasteiger partial charge in [0.2, 0.25) is 0 Å². The minimum Gasteiger partial charge on any atom is -0.0697 e. The monoisotopic (exact) mass is 418 g/mol. The van der Waals surface area contributed by atoms with Crippen LogP contribution in [0.3, 0.4) is 0 Å². The molecule has 0 fully saturated rings. The molecule has 28 heavy (non-hydrogen) atoms. The molecular weight excluding hydrogens is 385 g/mol. The average molecular weight is 419 g/mol. The maximum atomic E-state index is 2.60. The summed E-state index contributed by atoms with van der Waals surface area (Å²) in [6, 6.07) is 34.5. The molecule has 3 aromatic carbocycles. The molecule has 0 saturated carbocycles. The van der Waals surface area contributed by atoms with Crippen LogP contribution in [0.15, 0.2) is 91.0 Å². The van der Waals surface area contributed by atoms with E-state index in [0.29, 0.717) is 0 Å². The Hall–Kier alpha value is -1.69. The normalized spacial score (nSPS) is 13.0. The van der Waals surface area contributed by atoms with Crippen molar-refractivity contribution in [2.45, 2.75) is 44.1 Å². The predicted molar refractivity (Wildman–Crippen MR) is 134 cm³/mol. The van der Waals surface area contributed by atoms with Gasteiger partial charge in [-0.25, -0.2) is 0 Å². The highest BCUT2D eigenvalue weighted by Gasteiger charge is 2.55. The molecule has 0 heterocycles. The highest BCUT2D eigenvalue weighted by atomic mass is 28.5. The van der Waals surface area contributed by atoms with E-state index in [1.807, 2.05) is 0 Å². The Labute approximate surface area is 174 Å². The van der Waals surface area contributed by atoms with Crippen LogP contribution in [0, 0.1) is 0 Å². The summed E-state index contributed by atoms with van der Waals surface area (Å²) in [6.45, 7) is 15.6. The molecule has 0 aromatic heterocycles. The van der Waals surface area contributed by atoms with Crippen LogP contribution in [-0.2, 0) is 0 Å². The first-order valence-corrected chi connectivity index (χ1v) is 19.6. The lowest BCUT2D eigenvalue weighted by atomic mass is 10.3. The number of rotatable bonds is 6. The van der Waals surface area contributed by atoms with Crippen molar-refractivity contribution in [3.05, 3.63) is 91.0 Å². The molecule has 0 aliphatic rings. The van der Waals surface area contributed by atoms with Crippen molar-refractivity contribution in [3.63, 3.8) is 0 Å². The second kappa shape index (κ2) is 7.97. The van der Waals surface area contributed by atoms with Crippen LogP contribution >= 0.6 is 0 Å². The van der Waals surface area contributed by atoms with Gasteiger partial charge in [-0.1, -0.05) is 130 Å². The van der Waals surface area contributed by atoms with Gasteiger partial charge >= 0.3 is 0 Å². The average Bonchev–Trinajstić information content (AvgIpc) is 2.66. The fourth-order valence-electron chi connectivity index (χ4n) is 5.70. The molecule has 0 bridgehead atoms. The first-order valence-electron chi connectivity index (χ1n) is 10.3. The van der Waals surface area contributed by atoms with Crippen molar-refractivity contribution in [3.8, 4) is 0 Å². The first kappa shape index (κ1) is 21.0. The largest absolute Gasteiger partial charge is 0.146 e. The predicted octanol–water partition coefficient (Wildman–Crippen LogP) is 5.28. The van der Waals surface area contributed by atoms with Crippen LogP contribution in [0.2, 0.25) is 44.1 Å². The third-order valence-corrected chi connectivity index (χ3v) is 26.9. The Morgan fingerprint density at radius 2 is 0.679 bits per heavy atom. The summed E-state index contributed by atoms with van der Waals surface area (Å²) in [6.07, 6.45) is 0. The molecule has 0 nitrogen and oxygen atoms in total. The first-order chi connectivity index (χ1) is 13.2. The van der Waals surface area contributed by atoms with E-state index in [1.54, 1.807) is 15.6 Å². The van der Waals surface area contributed by atoms with Crippen LogP contribution in [0.1, 0.15) is 0 Å². The van der Waals surface area contributed by atoms with Crippen LogP contribution < -0.4 is 15.6 Å². The van der Waals surface area contributed by atoms with Gasteiger partial charge in [0.1, 0.15) is 8.07 Å². The van der Waals surface area contributed by atoms with E-state index < -0.39 is 24.2 Å². The molecule has 0 aliphatic heterocycles. The van der Waals surface area contributed by atoms with Gasteiger partial charge in [-0.05, 0) is 20.3 Å². The van der Waals surface area contributed by atoms with E-state index in [-0.39, 0.29) is 0 Å². The fraction of sp³-hybridized carbons (Fsp3) is 0.280. The molecule has 3 rings (SSSR count). The summed E-state index contributed by atoms with van der Waals surface area (Å²) < 4.78 is 0. The molecule has 0 radical (unpaired) electrons. The molecule has 0 atom stereocenters. The summed E-state index contributed by atoms with van der Waals surface area (Å²) in [5.74, 6) is 0. The quantitative estimate of drug-likeness (QED) is 0.377. The summed E-state index contributed by atoms with van der Waals surface area (Å²) in [4.78, 5) is 0.791. The smallest absolute Gasteiger partial charge is 0.0697 e. The Morgan fingerprint density at radius 3 is 0.893 bits per heavy atom. The lowest BCUT2D eigenvalue weighted by Gasteiger charge is -2.51. The molecule has 0 amide bonds. The molecule has 0 saturated heterocycles. The SMILES string of the molecule is C[Si](C)(C)C([Si](C)(C)C)[Si](c1ccccc1)(c1ccccc1)c1ccccc1. The molecular formula is C25H34Si3. The minimum absolute atomic E-state index is 0.791. The van der Waals surface area contributed by atoms with Gasteiger partial charge in [-0.3, -0.25) is 0 Å². The Bertz CT molecular complexity index is 765. The highest BCUT2D eigenvalue weighted by Crippen LogP contribution is 2.39. The van der Waals surface area contributed by atoms with Gasteiger partial charge in [0.15, 0.2) is 0 Å². The zero-order chi connectivity index (χ0) is 20.4. The molecule has 3 heteroatoms. The summed E-state index contributed by atoms with van der Waals surface area (Å²) in [5, 5.41) is 4.71. The van der Waals surface area contributed by atoms with Crippen LogP contribution in [0.4, 0.5) is 0 Å². The van der Waals surface area contributed by atoms with Crippen molar-refractivity contribution in [2.75, 3.05) is 0 Å². The standard InChI is InChI=1S/C25H34Si3/c1-26(2,3)25(27(4,5)6)28(22-16-10-7-11-17-22,23-18-12-8-13-19-23)24-20-14-9-15-21-24/h7-21,25H,1-6H3. The van der Waals surface area contributed by atoms with Crippen molar-refractivity contribution in [1.82, 2.24) is 0 Å². The zero-order valence-corrected chi connectivity index (χ0v) is 21.2. The zero-order valence-electron chi connectivity index (χ0n) is 18.2. The van der Waals surface area contributed by atoms with Gasteiger partial charge in [0.25, 0.3) is 0 Å². The molecule has 0 unspecified atom stereocenters. The van der Waals surface area contributed by atoms with Crippen LogP contribution in [0.25, 0.3) is 0 Å². The fourth-order valence-corrected chi connectivity index (χ4v) is 33.6. The van der Waals surface area contributed by atoms with E-state index in [0.717, 1.165) is 4.79 Å². The van der Waals surface area contributed by atoms with E-state index >= 15 is 0 Å². The molecule has 3 aromatic rings. The lowest BCUT2D eigenvalue weighted by Crippen LogP contribution is -2.77. The van der Waals surface area contributed by atoms with E-state index in [4.69, 9.17) is 0 Å². The van der Waals surface area contributed by atoms with Gasteiger partial charge in [-0.2, -0.15) is 0 Å². The van der Waals surface area contributed by atoms with E-state index in [1.165, 1.54) is 0 Å². The van der Waals surface area contributed by atoms with E-state index in [9.17, 15) is 0 Å². The third kappa shape index (κ3) is 3.89. The molecule has 0 N–H and O–H groups in total. The molecule has 0 spiro atoms. The second-order valence-corrected chi connectivity index (χ2v) is 26.3. The van der Waals surface area contributed by atoms with Crippen molar-refractivity contribution in [2.24, 2.45) is 0 Å². The van der Waals surface area contributed by atoms with Gasteiger partial charge in [0, 0.05) is 16.1 Å². The van der Waals surface area contributed by atoms with Crippen LogP contribution in [0.5, 0.6) is 0 Å². The van der Waals surface area contributed by atoms with Crippen LogP contribution in [-0.4, -0.2) is 24.2 Å².